The van der Waals surface area contributed by atoms with Gasteiger partial charge >= 0.3 is 0 Å². The minimum atomic E-state index is 0.186. The molecule has 21 heavy (non-hydrogen) atoms. The Morgan fingerprint density at radius 3 is 2.76 bits per heavy atom. The molecule has 2 aromatic heterocycles. The number of nitrogens with one attached hydrogen (secondary N) is 1. The summed E-state index contributed by atoms with van der Waals surface area (Å²) < 4.78 is 0. The summed E-state index contributed by atoms with van der Waals surface area (Å²) in [5, 5.41) is 3.10. The van der Waals surface area contributed by atoms with Gasteiger partial charge in [-0.25, -0.2) is 19.9 Å². The molecule has 1 saturated heterocycles. The monoisotopic (exact) mass is 284 g/mol. The topological polar surface area (TPSA) is 66.8 Å². The first kappa shape index (κ1) is 13.7. The second-order valence-electron chi connectivity index (χ2n) is 5.37. The Kier molecular flexibility index (Phi) is 3.68. The summed E-state index contributed by atoms with van der Waals surface area (Å²) in [6, 6.07) is 4.16. The van der Waals surface area contributed by atoms with E-state index in [1.165, 1.54) is 0 Å². The van der Waals surface area contributed by atoms with Crippen molar-refractivity contribution in [3.63, 3.8) is 0 Å². The molecule has 1 aliphatic heterocycles. The van der Waals surface area contributed by atoms with E-state index in [1.807, 2.05) is 33.0 Å². The van der Waals surface area contributed by atoms with Gasteiger partial charge in [-0.1, -0.05) is 0 Å². The van der Waals surface area contributed by atoms with Gasteiger partial charge in [-0.3, -0.25) is 0 Å². The lowest BCUT2D eigenvalue weighted by Crippen LogP contribution is -2.25. The molecule has 0 spiro atoms. The Bertz CT molecular complexity index is 642. The van der Waals surface area contributed by atoms with Crippen LogP contribution in [0.1, 0.15) is 36.1 Å². The van der Waals surface area contributed by atoms with Crippen LogP contribution < -0.4 is 10.2 Å². The first-order valence-corrected chi connectivity index (χ1v) is 7.26. The predicted octanol–water partition coefficient (Wildman–Crippen LogP) is 2.27. The maximum Gasteiger partial charge on any atom is 0.153 e. The van der Waals surface area contributed by atoms with Crippen molar-refractivity contribution in [2.75, 3.05) is 23.8 Å². The summed E-state index contributed by atoms with van der Waals surface area (Å²) in [5.74, 6) is 2.69. The Balaban J connectivity index is 1.95. The van der Waals surface area contributed by atoms with Crippen molar-refractivity contribution >= 4 is 11.6 Å². The van der Waals surface area contributed by atoms with Crippen molar-refractivity contribution in [1.29, 1.82) is 0 Å². The SMILES string of the molecule is CNc1cc(C)nc([C@@H]2CCCN2c2cc(C)ncn2)n1. The Morgan fingerprint density at radius 2 is 2.00 bits per heavy atom. The number of aromatic nitrogens is 4. The van der Waals surface area contributed by atoms with Crippen LogP contribution in [-0.2, 0) is 0 Å². The molecule has 1 aliphatic rings. The lowest BCUT2D eigenvalue weighted by atomic mass is 10.2. The fourth-order valence-corrected chi connectivity index (χ4v) is 2.78. The van der Waals surface area contributed by atoms with Crippen LogP contribution >= 0.6 is 0 Å². The van der Waals surface area contributed by atoms with Gasteiger partial charge in [0.25, 0.3) is 0 Å². The van der Waals surface area contributed by atoms with Crippen LogP contribution in [0, 0.1) is 13.8 Å². The second-order valence-corrected chi connectivity index (χ2v) is 5.37. The molecule has 0 aromatic carbocycles. The Labute approximate surface area is 124 Å². The molecule has 0 bridgehead atoms. The predicted molar refractivity (Wildman–Crippen MR) is 82.4 cm³/mol. The molecule has 2 aromatic rings. The number of hydrogen-bond acceptors (Lipinski definition) is 6. The van der Waals surface area contributed by atoms with Gasteiger partial charge in [-0.05, 0) is 26.7 Å². The van der Waals surface area contributed by atoms with Crippen LogP contribution in [0.15, 0.2) is 18.5 Å². The van der Waals surface area contributed by atoms with Gasteiger partial charge in [0.15, 0.2) is 5.82 Å². The van der Waals surface area contributed by atoms with Crippen molar-refractivity contribution in [2.45, 2.75) is 32.7 Å². The lowest BCUT2D eigenvalue weighted by molar-refractivity contribution is 0.657. The summed E-state index contributed by atoms with van der Waals surface area (Å²) in [4.78, 5) is 20.1. The number of aryl methyl sites for hydroxylation is 2. The zero-order chi connectivity index (χ0) is 14.8. The van der Waals surface area contributed by atoms with Crippen LogP contribution in [0.3, 0.4) is 0 Å². The van der Waals surface area contributed by atoms with E-state index < -0.39 is 0 Å². The summed E-state index contributed by atoms with van der Waals surface area (Å²) in [5.41, 5.74) is 1.96. The molecule has 0 aliphatic carbocycles. The molecule has 6 heteroatoms. The van der Waals surface area contributed by atoms with Crippen molar-refractivity contribution in [2.24, 2.45) is 0 Å². The maximum atomic E-state index is 4.63. The van der Waals surface area contributed by atoms with Crippen LogP contribution in [-0.4, -0.2) is 33.5 Å². The van der Waals surface area contributed by atoms with Gasteiger partial charge < -0.3 is 10.2 Å². The number of nitrogens with zero attached hydrogens (tertiary/aromatic N) is 5. The molecule has 0 unspecified atom stereocenters. The second kappa shape index (κ2) is 5.63. The Morgan fingerprint density at radius 1 is 1.14 bits per heavy atom. The molecular weight excluding hydrogens is 264 g/mol. The van der Waals surface area contributed by atoms with Gasteiger partial charge in [0.05, 0.1) is 6.04 Å². The van der Waals surface area contributed by atoms with Crippen LogP contribution in [0.2, 0.25) is 0 Å². The highest BCUT2D eigenvalue weighted by Gasteiger charge is 2.29. The minimum absolute atomic E-state index is 0.186. The van der Waals surface area contributed by atoms with E-state index in [9.17, 15) is 0 Å². The highest BCUT2D eigenvalue weighted by atomic mass is 15.3. The molecule has 110 valence electrons. The summed E-state index contributed by atoms with van der Waals surface area (Å²) in [6.07, 6.45) is 3.80. The molecule has 3 heterocycles. The molecule has 1 N–H and O–H groups in total. The normalized spacial score (nSPS) is 18.0. The summed E-state index contributed by atoms with van der Waals surface area (Å²) >= 11 is 0. The third-order valence-electron chi connectivity index (χ3n) is 3.76. The molecule has 1 atom stereocenters. The zero-order valence-electron chi connectivity index (χ0n) is 12.7. The third-order valence-corrected chi connectivity index (χ3v) is 3.76. The lowest BCUT2D eigenvalue weighted by Gasteiger charge is -2.25. The van der Waals surface area contributed by atoms with E-state index in [1.54, 1.807) is 6.33 Å². The van der Waals surface area contributed by atoms with E-state index in [0.29, 0.717) is 0 Å². The number of hydrogen-bond donors (Lipinski definition) is 1. The van der Waals surface area contributed by atoms with Crippen molar-refractivity contribution in [3.8, 4) is 0 Å². The average Bonchev–Trinajstić information content (AvgIpc) is 2.96. The number of anilines is 2. The van der Waals surface area contributed by atoms with Crippen molar-refractivity contribution < 1.29 is 0 Å². The van der Waals surface area contributed by atoms with Gasteiger partial charge in [0.1, 0.15) is 18.0 Å². The zero-order valence-corrected chi connectivity index (χ0v) is 12.7. The van der Waals surface area contributed by atoms with E-state index >= 15 is 0 Å². The highest BCUT2D eigenvalue weighted by Crippen LogP contribution is 2.34. The van der Waals surface area contributed by atoms with Crippen molar-refractivity contribution in [3.05, 3.63) is 35.7 Å². The minimum Gasteiger partial charge on any atom is -0.373 e. The first-order valence-electron chi connectivity index (χ1n) is 7.26. The molecule has 0 radical (unpaired) electrons. The van der Waals surface area contributed by atoms with Gasteiger partial charge in [0, 0.05) is 37.1 Å². The standard InChI is InChI=1S/C15H20N6/c1-10-8-14(18-9-17-10)21-6-4-5-12(21)15-19-11(2)7-13(16-3)20-15/h7-9,12H,4-6H2,1-3H3,(H,16,19,20)/t12-/m0/s1. The molecule has 0 saturated carbocycles. The summed E-state index contributed by atoms with van der Waals surface area (Å²) in [6.45, 7) is 4.96. The van der Waals surface area contributed by atoms with E-state index in [2.05, 4.69) is 30.2 Å². The maximum absolute atomic E-state index is 4.63. The Hall–Kier alpha value is -2.24. The van der Waals surface area contributed by atoms with E-state index in [-0.39, 0.29) is 6.04 Å². The number of rotatable bonds is 3. The van der Waals surface area contributed by atoms with Crippen LogP contribution in [0.4, 0.5) is 11.6 Å². The third kappa shape index (κ3) is 2.79. The van der Waals surface area contributed by atoms with Crippen LogP contribution in [0.5, 0.6) is 0 Å². The molecule has 3 rings (SSSR count). The average molecular weight is 284 g/mol. The van der Waals surface area contributed by atoms with E-state index in [4.69, 9.17) is 0 Å². The quantitative estimate of drug-likeness (QED) is 0.932. The fourth-order valence-electron chi connectivity index (χ4n) is 2.78. The molecule has 0 amide bonds. The molecule has 1 fully saturated rings. The fraction of sp³-hybridized carbons (Fsp3) is 0.467. The van der Waals surface area contributed by atoms with Gasteiger partial charge in [0.2, 0.25) is 0 Å². The molecular formula is C15H20N6. The first-order chi connectivity index (χ1) is 10.2. The van der Waals surface area contributed by atoms with Gasteiger partial charge in [-0.2, -0.15) is 0 Å². The highest BCUT2D eigenvalue weighted by molar-refractivity contribution is 5.44. The van der Waals surface area contributed by atoms with Gasteiger partial charge in [-0.15, -0.1) is 0 Å². The van der Waals surface area contributed by atoms with Crippen LogP contribution in [0.25, 0.3) is 0 Å². The van der Waals surface area contributed by atoms with E-state index in [0.717, 1.165) is 48.2 Å². The molecule has 6 nitrogen and oxygen atoms in total. The smallest absolute Gasteiger partial charge is 0.153 e. The summed E-state index contributed by atoms with van der Waals surface area (Å²) in [7, 11) is 1.88. The van der Waals surface area contributed by atoms with Crippen molar-refractivity contribution in [1.82, 2.24) is 19.9 Å². The largest absolute Gasteiger partial charge is 0.373 e.